The largest absolute Gasteiger partial charge is 0.497 e. The second kappa shape index (κ2) is 6.14. The summed E-state index contributed by atoms with van der Waals surface area (Å²) in [6, 6.07) is 11.4. The summed E-state index contributed by atoms with van der Waals surface area (Å²) in [5.41, 5.74) is 7.43. The molecule has 0 fully saturated rings. The van der Waals surface area contributed by atoms with Crippen LogP contribution in [0.4, 0.5) is 0 Å². The second-order valence-electron chi connectivity index (χ2n) is 5.89. The molecule has 0 spiro atoms. The summed E-state index contributed by atoms with van der Waals surface area (Å²) in [4.78, 5) is 4.37. The number of aromatic nitrogens is 1. The summed E-state index contributed by atoms with van der Waals surface area (Å²) in [5, 5.41) is 0. The van der Waals surface area contributed by atoms with E-state index < -0.39 is 0 Å². The molecule has 112 valence electrons. The van der Waals surface area contributed by atoms with Crippen LogP contribution < -0.4 is 15.2 Å². The van der Waals surface area contributed by atoms with Gasteiger partial charge in [0.05, 0.1) is 12.8 Å². The molecule has 4 heteroatoms. The van der Waals surface area contributed by atoms with E-state index in [4.69, 9.17) is 15.2 Å². The molecule has 0 aliphatic carbocycles. The predicted molar refractivity (Wildman–Crippen MR) is 83.9 cm³/mol. The zero-order chi connectivity index (χ0) is 15.5. The summed E-state index contributed by atoms with van der Waals surface area (Å²) in [5.74, 6) is 2.15. The molecule has 0 aliphatic rings. The summed E-state index contributed by atoms with van der Waals surface area (Å²) in [7, 11) is 1.66. The molecule has 2 aromatic rings. The molecular formula is C17H22N2O2. The van der Waals surface area contributed by atoms with Crippen molar-refractivity contribution in [3.8, 4) is 17.4 Å². The maximum Gasteiger partial charge on any atom is 0.219 e. The average Bonchev–Trinajstić information content (AvgIpc) is 2.46. The Balaban J connectivity index is 2.39. The lowest BCUT2D eigenvalue weighted by Crippen LogP contribution is -2.13. The maximum atomic E-state index is 5.96. The highest BCUT2D eigenvalue weighted by atomic mass is 16.5. The minimum absolute atomic E-state index is 0.0602. The van der Waals surface area contributed by atoms with E-state index in [1.54, 1.807) is 7.11 Å². The topological polar surface area (TPSA) is 57.4 Å². The van der Waals surface area contributed by atoms with Gasteiger partial charge in [-0.1, -0.05) is 26.8 Å². The van der Waals surface area contributed by atoms with E-state index in [0.29, 0.717) is 12.4 Å². The average molecular weight is 286 g/mol. The zero-order valence-electron chi connectivity index (χ0n) is 13.0. The van der Waals surface area contributed by atoms with E-state index in [9.17, 15) is 0 Å². The summed E-state index contributed by atoms with van der Waals surface area (Å²) in [6.45, 7) is 6.81. The van der Waals surface area contributed by atoms with Gasteiger partial charge in [-0.25, -0.2) is 4.98 Å². The number of ether oxygens (including phenoxy) is 2. The molecule has 0 saturated heterocycles. The van der Waals surface area contributed by atoms with Crippen LogP contribution in [0.5, 0.6) is 17.4 Å². The molecule has 1 aromatic carbocycles. The highest BCUT2D eigenvalue weighted by molar-refractivity contribution is 5.45. The first-order chi connectivity index (χ1) is 9.94. The molecule has 2 N–H and O–H groups in total. The highest BCUT2D eigenvalue weighted by Crippen LogP contribution is 2.36. The van der Waals surface area contributed by atoms with Crippen molar-refractivity contribution in [2.75, 3.05) is 7.11 Å². The van der Waals surface area contributed by atoms with Gasteiger partial charge in [0.2, 0.25) is 5.88 Å². The minimum Gasteiger partial charge on any atom is -0.497 e. The number of methoxy groups -OCH3 is 1. The van der Waals surface area contributed by atoms with Gasteiger partial charge in [-0.15, -0.1) is 0 Å². The molecule has 2 rings (SSSR count). The Hall–Kier alpha value is -2.07. The van der Waals surface area contributed by atoms with Crippen LogP contribution in [0.1, 0.15) is 32.0 Å². The number of hydrogen-bond donors (Lipinski definition) is 1. The molecule has 4 nitrogen and oxygen atoms in total. The number of rotatable bonds is 4. The van der Waals surface area contributed by atoms with Gasteiger partial charge in [-0.05, 0) is 29.7 Å². The van der Waals surface area contributed by atoms with Gasteiger partial charge >= 0.3 is 0 Å². The van der Waals surface area contributed by atoms with Gasteiger partial charge < -0.3 is 15.2 Å². The smallest absolute Gasteiger partial charge is 0.219 e. The van der Waals surface area contributed by atoms with E-state index in [-0.39, 0.29) is 5.41 Å². The van der Waals surface area contributed by atoms with Crippen LogP contribution in [0.25, 0.3) is 0 Å². The van der Waals surface area contributed by atoms with Crippen molar-refractivity contribution in [1.29, 1.82) is 0 Å². The van der Waals surface area contributed by atoms with Crippen LogP contribution in [0, 0.1) is 0 Å². The van der Waals surface area contributed by atoms with Gasteiger partial charge in [0, 0.05) is 18.2 Å². The Morgan fingerprint density at radius 3 is 2.52 bits per heavy atom. The van der Waals surface area contributed by atoms with E-state index in [1.807, 2.05) is 36.4 Å². The van der Waals surface area contributed by atoms with Crippen LogP contribution in [0.3, 0.4) is 0 Å². The molecule has 0 aliphatic heterocycles. The predicted octanol–water partition coefficient (Wildman–Crippen LogP) is 3.64. The highest BCUT2D eigenvalue weighted by Gasteiger charge is 2.20. The first kappa shape index (κ1) is 15.3. The van der Waals surface area contributed by atoms with Gasteiger partial charge in [0.15, 0.2) is 0 Å². The number of nitrogens with zero attached hydrogens (tertiary/aromatic N) is 1. The quantitative estimate of drug-likeness (QED) is 0.932. The number of pyridine rings is 1. The Morgan fingerprint density at radius 2 is 1.90 bits per heavy atom. The lowest BCUT2D eigenvalue weighted by Gasteiger charge is -2.23. The molecule has 0 radical (unpaired) electrons. The first-order valence-corrected chi connectivity index (χ1v) is 6.96. The van der Waals surface area contributed by atoms with E-state index >= 15 is 0 Å². The third-order valence-corrected chi connectivity index (χ3v) is 3.20. The fourth-order valence-corrected chi connectivity index (χ4v) is 2.05. The summed E-state index contributed by atoms with van der Waals surface area (Å²) >= 11 is 0. The minimum atomic E-state index is -0.0602. The van der Waals surface area contributed by atoms with Crippen molar-refractivity contribution in [1.82, 2.24) is 4.98 Å². The Labute approximate surface area is 125 Å². The molecule has 1 aromatic heterocycles. The maximum absolute atomic E-state index is 5.96. The Kier molecular flexibility index (Phi) is 4.48. The molecule has 0 saturated carbocycles. The number of nitrogens with two attached hydrogens (primary N) is 1. The third kappa shape index (κ3) is 3.73. The van der Waals surface area contributed by atoms with Crippen LogP contribution in [-0.2, 0) is 12.0 Å². The third-order valence-electron chi connectivity index (χ3n) is 3.20. The summed E-state index contributed by atoms with van der Waals surface area (Å²) in [6.07, 6.45) is 0. The second-order valence-corrected chi connectivity index (χ2v) is 5.89. The fraction of sp³-hybridized carbons (Fsp3) is 0.353. The molecular weight excluding hydrogens is 264 g/mol. The molecule has 0 atom stereocenters. The molecule has 0 bridgehead atoms. The normalized spacial score (nSPS) is 11.3. The van der Waals surface area contributed by atoms with Crippen molar-refractivity contribution in [2.24, 2.45) is 5.73 Å². The SMILES string of the molecule is COc1ccc(Oc2cccc(CN)n2)c(C(C)(C)C)c1. The van der Waals surface area contributed by atoms with Crippen molar-refractivity contribution in [3.05, 3.63) is 47.7 Å². The monoisotopic (exact) mass is 286 g/mol. The standard InChI is InChI=1S/C17H22N2O2/c1-17(2,3)14-10-13(20-4)8-9-15(14)21-16-7-5-6-12(11-18)19-16/h5-10H,11,18H2,1-4H3. The van der Waals surface area contributed by atoms with Gasteiger partial charge in [-0.3, -0.25) is 0 Å². The molecule has 21 heavy (non-hydrogen) atoms. The summed E-state index contributed by atoms with van der Waals surface area (Å²) < 4.78 is 11.3. The Bertz CT molecular complexity index is 618. The lowest BCUT2D eigenvalue weighted by molar-refractivity contribution is 0.405. The van der Waals surface area contributed by atoms with Crippen LogP contribution in [0.2, 0.25) is 0 Å². The number of hydrogen-bond acceptors (Lipinski definition) is 4. The van der Waals surface area contributed by atoms with Gasteiger partial charge in [-0.2, -0.15) is 0 Å². The number of benzene rings is 1. The molecule has 0 unspecified atom stereocenters. The van der Waals surface area contributed by atoms with E-state index in [2.05, 4.69) is 25.8 Å². The fourth-order valence-electron chi connectivity index (χ4n) is 2.05. The van der Waals surface area contributed by atoms with Crippen molar-refractivity contribution in [2.45, 2.75) is 32.7 Å². The molecule has 1 heterocycles. The zero-order valence-corrected chi connectivity index (χ0v) is 13.0. The van der Waals surface area contributed by atoms with Crippen molar-refractivity contribution in [3.63, 3.8) is 0 Å². The van der Waals surface area contributed by atoms with Crippen molar-refractivity contribution < 1.29 is 9.47 Å². The van der Waals surface area contributed by atoms with Crippen LogP contribution in [-0.4, -0.2) is 12.1 Å². The first-order valence-electron chi connectivity index (χ1n) is 6.96. The lowest BCUT2D eigenvalue weighted by atomic mass is 9.86. The molecule has 0 amide bonds. The van der Waals surface area contributed by atoms with Crippen molar-refractivity contribution >= 4 is 0 Å². The van der Waals surface area contributed by atoms with Crippen LogP contribution in [0.15, 0.2) is 36.4 Å². The van der Waals surface area contributed by atoms with E-state index in [1.165, 1.54) is 0 Å². The van der Waals surface area contributed by atoms with E-state index in [0.717, 1.165) is 22.8 Å². The van der Waals surface area contributed by atoms with Gasteiger partial charge in [0.25, 0.3) is 0 Å². The van der Waals surface area contributed by atoms with Crippen LogP contribution >= 0.6 is 0 Å². The Morgan fingerprint density at radius 1 is 1.14 bits per heavy atom. The van der Waals surface area contributed by atoms with Gasteiger partial charge in [0.1, 0.15) is 11.5 Å².